The average molecular weight is 285 g/mol. The first-order chi connectivity index (χ1) is 7.45. The Kier molecular flexibility index (Phi) is 4.50. The highest BCUT2D eigenvalue weighted by molar-refractivity contribution is 9.10. The molecule has 0 radical (unpaired) electrons. The molecule has 4 heteroatoms. The van der Waals surface area contributed by atoms with E-state index in [9.17, 15) is 4.79 Å². The topological polar surface area (TPSA) is 55.1 Å². The molecular formula is C12H17BrN2O. The monoisotopic (exact) mass is 284 g/mol. The number of benzene rings is 1. The van der Waals surface area contributed by atoms with E-state index in [1.54, 1.807) is 0 Å². The highest BCUT2D eigenvalue weighted by Gasteiger charge is 2.11. The van der Waals surface area contributed by atoms with Crippen LogP contribution in [0.4, 0.5) is 5.69 Å². The number of hydrogen-bond donors (Lipinski definition) is 2. The van der Waals surface area contributed by atoms with Gasteiger partial charge in [0, 0.05) is 10.2 Å². The normalized spacial score (nSPS) is 12.3. The zero-order valence-corrected chi connectivity index (χ0v) is 11.4. The van der Waals surface area contributed by atoms with Gasteiger partial charge in [0.05, 0.1) is 6.04 Å². The summed E-state index contributed by atoms with van der Waals surface area (Å²) >= 11 is 3.48. The molecule has 0 saturated carbocycles. The van der Waals surface area contributed by atoms with Crippen LogP contribution in [0.5, 0.6) is 0 Å². The SMILES string of the molecule is CCC(N)C(=O)Nc1cc(C)c(Br)c(C)c1. The molecule has 0 spiro atoms. The van der Waals surface area contributed by atoms with E-state index in [1.807, 2.05) is 32.9 Å². The Morgan fingerprint density at radius 2 is 1.94 bits per heavy atom. The van der Waals surface area contributed by atoms with Crippen molar-refractivity contribution < 1.29 is 4.79 Å². The summed E-state index contributed by atoms with van der Waals surface area (Å²) in [5, 5.41) is 2.82. The molecule has 0 saturated heterocycles. The van der Waals surface area contributed by atoms with Gasteiger partial charge in [-0.2, -0.15) is 0 Å². The number of rotatable bonds is 3. The molecular weight excluding hydrogens is 268 g/mol. The predicted molar refractivity (Wildman–Crippen MR) is 70.5 cm³/mol. The fourth-order valence-electron chi connectivity index (χ4n) is 1.44. The van der Waals surface area contributed by atoms with Gasteiger partial charge in [0.15, 0.2) is 0 Å². The second-order valence-corrected chi connectivity index (χ2v) is 4.72. The number of carbonyl (C=O) groups excluding carboxylic acids is 1. The van der Waals surface area contributed by atoms with Crippen LogP contribution >= 0.6 is 15.9 Å². The minimum absolute atomic E-state index is 0.136. The standard InChI is InChI=1S/C12H17BrN2O/c1-4-10(14)12(16)15-9-5-7(2)11(13)8(3)6-9/h5-6,10H,4,14H2,1-3H3,(H,15,16). The van der Waals surface area contributed by atoms with Gasteiger partial charge >= 0.3 is 0 Å². The molecule has 0 aliphatic rings. The van der Waals surface area contributed by atoms with Gasteiger partial charge in [-0.25, -0.2) is 0 Å². The predicted octanol–water partition coefficient (Wildman–Crippen LogP) is 2.74. The highest BCUT2D eigenvalue weighted by Crippen LogP contribution is 2.25. The van der Waals surface area contributed by atoms with Crippen molar-refractivity contribution in [2.45, 2.75) is 33.2 Å². The summed E-state index contributed by atoms with van der Waals surface area (Å²) in [6.45, 7) is 5.88. The maximum absolute atomic E-state index is 11.6. The minimum Gasteiger partial charge on any atom is -0.325 e. The zero-order chi connectivity index (χ0) is 12.3. The van der Waals surface area contributed by atoms with Crippen LogP contribution in [-0.4, -0.2) is 11.9 Å². The number of anilines is 1. The molecule has 0 aromatic heterocycles. The van der Waals surface area contributed by atoms with Crippen LogP contribution in [0.25, 0.3) is 0 Å². The van der Waals surface area contributed by atoms with E-state index in [1.165, 1.54) is 0 Å². The van der Waals surface area contributed by atoms with Crippen molar-refractivity contribution in [2.75, 3.05) is 5.32 Å². The Labute approximate surface area is 105 Å². The zero-order valence-electron chi connectivity index (χ0n) is 9.80. The number of carbonyl (C=O) groups is 1. The van der Waals surface area contributed by atoms with Crippen LogP contribution < -0.4 is 11.1 Å². The Balaban J connectivity index is 2.87. The van der Waals surface area contributed by atoms with Crippen LogP contribution in [-0.2, 0) is 4.79 Å². The van der Waals surface area contributed by atoms with E-state index in [0.717, 1.165) is 21.3 Å². The van der Waals surface area contributed by atoms with Gasteiger partial charge in [-0.1, -0.05) is 22.9 Å². The summed E-state index contributed by atoms with van der Waals surface area (Å²) < 4.78 is 1.07. The van der Waals surface area contributed by atoms with E-state index >= 15 is 0 Å². The van der Waals surface area contributed by atoms with Crippen molar-refractivity contribution in [1.29, 1.82) is 0 Å². The van der Waals surface area contributed by atoms with Crippen molar-refractivity contribution in [1.82, 2.24) is 0 Å². The molecule has 0 fully saturated rings. The van der Waals surface area contributed by atoms with E-state index in [2.05, 4.69) is 21.2 Å². The lowest BCUT2D eigenvalue weighted by molar-refractivity contribution is -0.117. The number of hydrogen-bond acceptors (Lipinski definition) is 2. The maximum atomic E-state index is 11.6. The third kappa shape index (κ3) is 3.06. The number of nitrogens with two attached hydrogens (primary N) is 1. The van der Waals surface area contributed by atoms with Crippen LogP contribution in [0.3, 0.4) is 0 Å². The Hall–Kier alpha value is -0.870. The lowest BCUT2D eigenvalue weighted by Gasteiger charge is -2.12. The second kappa shape index (κ2) is 5.46. The summed E-state index contributed by atoms with van der Waals surface area (Å²) in [5.74, 6) is -0.136. The van der Waals surface area contributed by atoms with Crippen molar-refractivity contribution in [3.63, 3.8) is 0 Å². The van der Waals surface area contributed by atoms with Crippen molar-refractivity contribution in [2.24, 2.45) is 5.73 Å². The molecule has 88 valence electrons. The Morgan fingerprint density at radius 3 is 2.38 bits per heavy atom. The Morgan fingerprint density at radius 1 is 1.44 bits per heavy atom. The molecule has 3 N–H and O–H groups in total. The summed E-state index contributed by atoms with van der Waals surface area (Å²) in [4.78, 5) is 11.6. The minimum atomic E-state index is -0.441. The summed E-state index contributed by atoms with van der Waals surface area (Å²) in [6.07, 6.45) is 0.639. The average Bonchev–Trinajstić information content (AvgIpc) is 2.24. The van der Waals surface area contributed by atoms with Gasteiger partial charge in [-0.15, -0.1) is 0 Å². The van der Waals surface area contributed by atoms with Gasteiger partial charge in [0.25, 0.3) is 0 Å². The largest absolute Gasteiger partial charge is 0.325 e. The van der Waals surface area contributed by atoms with Gasteiger partial charge in [-0.05, 0) is 43.5 Å². The molecule has 1 rings (SSSR count). The second-order valence-electron chi connectivity index (χ2n) is 3.93. The lowest BCUT2D eigenvalue weighted by atomic mass is 10.1. The van der Waals surface area contributed by atoms with Crippen molar-refractivity contribution in [3.05, 3.63) is 27.7 Å². The summed E-state index contributed by atoms with van der Waals surface area (Å²) in [6, 6.07) is 3.42. The maximum Gasteiger partial charge on any atom is 0.241 e. The molecule has 1 amide bonds. The molecule has 0 heterocycles. The highest BCUT2D eigenvalue weighted by atomic mass is 79.9. The van der Waals surface area contributed by atoms with E-state index in [0.29, 0.717) is 6.42 Å². The molecule has 16 heavy (non-hydrogen) atoms. The van der Waals surface area contributed by atoms with Gasteiger partial charge in [-0.3, -0.25) is 4.79 Å². The first-order valence-corrected chi connectivity index (χ1v) is 6.08. The van der Waals surface area contributed by atoms with Crippen LogP contribution in [0.1, 0.15) is 24.5 Å². The Bertz CT molecular complexity index is 381. The molecule has 1 unspecified atom stereocenters. The van der Waals surface area contributed by atoms with Gasteiger partial charge in [0.1, 0.15) is 0 Å². The summed E-state index contributed by atoms with van der Waals surface area (Å²) in [5.41, 5.74) is 8.64. The fraction of sp³-hybridized carbons (Fsp3) is 0.417. The van der Waals surface area contributed by atoms with Crippen molar-refractivity contribution >= 4 is 27.5 Å². The first-order valence-electron chi connectivity index (χ1n) is 5.29. The van der Waals surface area contributed by atoms with Gasteiger partial charge in [0.2, 0.25) is 5.91 Å². The fourth-order valence-corrected chi connectivity index (χ4v) is 1.67. The van der Waals surface area contributed by atoms with E-state index in [4.69, 9.17) is 5.73 Å². The molecule has 0 aliphatic carbocycles. The lowest BCUT2D eigenvalue weighted by Crippen LogP contribution is -2.34. The van der Waals surface area contributed by atoms with Gasteiger partial charge < -0.3 is 11.1 Å². The molecule has 1 aromatic rings. The molecule has 3 nitrogen and oxygen atoms in total. The third-order valence-electron chi connectivity index (χ3n) is 2.48. The van der Waals surface area contributed by atoms with Crippen LogP contribution in [0.2, 0.25) is 0 Å². The number of amides is 1. The van der Waals surface area contributed by atoms with Crippen LogP contribution in [0, 0.1) is 13.8 Å². The number of nitrogens with one attached hydrogen (secondary N) is 1. The van der Waals surface area contributed by atoms with E-state index < -0.39 is 6.04 Å². The van der Waals surface area contributed by atoms with E-state index in [-0.39, 0.29) is 5.91 Å². The summed E-state index contributed by atoms with van der Waals surface area (Å²) in [7, 11) is 0. The van der Waals surface area contributed by atoms with Crippen molar-refractivity contribution in [3.8, 4) is 0 Å². The third-order valence-corrected chi connectivity index (χ3v) is 3.73. The molecule has 1 aromatic carbocycles. The number of halogens is 1. The molecule has 0 bridgehead atoms. The quantitative estimate of drug-likeness (QED) is 0.897. The van der Waals surface area contributed by atoms with Crippen LogP contribution in [0.15, 0.2) is 16.6 Å². The molecule has 1 atom stereocenters. The smallest absolute Gasteiger partial charge is 0.241 e. The number of aryl methyl sites for hydroxylation is 2. The first kappa shape index (κ1) is 13.2. The molecule has 0 aliphatic heterocycles.